The van der Waals surface area contributed by atoms with Gasteiger partial charge in [-0.15, -0.1) is 0 Å². The fourth-order valence-corrected chi connectivity index (χ4v) is 3.10. The second-order valence-corrected chi connectivity index (χ2v) is 6.54. The van der Waals surface area contributed by atoms with Crippen LogP contribution in [0, 0.1) is 5.41 Å². The number of pyridine rings is 1. The van der Waals surface area contributed by atoms with Crippen LogP contribution in [0.4, 0.5) is 19.0 Å². The van der Waals surface area contributed by atoms with E-state index in [0.29, 0.717) is 0 Å². The third kappa shape index (κ3) is 4.23. The number of alkyl halides is 3. The number of nitrogens with zero attached hydrogens (tertiary/aromatic N) is 1. The van der Waals surface area contributed by atoms with E-state index in [1.54, 1.807) is 6.20 Å². The molecular weight excluding hydrogens is 395 g/mol. The molecule has 1 fully saturated rings. The molecule has 1 aromatic rings. The minimum atomic E-state index is -5.08. The second kappa shape index (κ2) is 7.06. The fourth-order valence-electron chi connectivity index (χ4n) is 2.72. The van der Waals surface area contributed by atoms with E-state index in [4.69, 9.17) is 9.90 Å². The summed E-state index contributed by atoms with van der Waals surface area (Å²) in [5, 5.41) is 13.4. The molecule has 132 valence electrons. The van der Waals surface area contributed by atoms with Gasteiger partial charge in [0.25, 0.3) is 0 Å². The van der Waals surface area contributed by atoms with Crippen LogP contribution < -0.4 is 10.6 Å². The van der Waals surface area contributed by atoms with Crippen LogP contribution in [0.3, 0.4) is 0 Å². The highest BCUT2D eigenvalue weighted by Gasteiger charge is 2.43. The number of aliphatic carboxylic acids is 1. The highest BCUT2D eigenvalue weighted by Crippen LogP contribution is 2.39. The predicted octanol–water partition coefficient (Wildman–Crippen LogP) is 2.34. The number of fused-ring (bicyclic) bond motifs is 1. The van der Waals surface area contributed by atoms with E-state index in [9.17, 15) is 18.0 Å². The molecule has 0 radical (unpaired) electrons. The number of carbonyl (C=O) groups excluding carboxylic acids is 1. The topological polar surface area (TPSA) is 91.3 Å². The minimum Gasteiger partial charge on any atom is -0.475 e. The van der Waals surface area contributed by atoms with Crippen molar-refractivity contribution in [2.45, 2.75) is 25.4 Å². The first kappa shape index (κ1) is 18.7. The number of hydrogen-bond acceptors (Lipinski definition) is 4. The van der Waals surface area contributed by atoms with E-state index in [0.717, 1.165) is 48.2 Å². The van der Waals surface area contributed by atoms with Crippen LogP contribution in [-0.2, 0) is 16.0 Å². The number of amides is 1. The van der Waals surface area contributed by atoms with Crippen LogP contribution in [0.15, 0.2) is 16.7 Å². The van der Waals surface area contributed by atoms with Gasteiger partial charge in [-0.25, -0.2) is 9.78 Å². The molecule has 0 aliphatic carbocycles. The number of nitrogens with one attached hydrogen (secondary N) is 2. The molecule has 1 aromatic heterocycles. The molecule has 1 amide bonds. The standard InChI is InChI=1S/C12H14BrN3O.C2HF3O2/c13-9-5-8-6-12(1-3-14-4-2-12)11(17)16-10(8)15-7-9;3-2(4,5)1(6)7/h5,7,14H,1-4,6H2,(H,15,16,17);(H,6,7). The Labute approximate surface area is 144 Å². The molecule has 3 rings (SSSR count). The van der Waals surface area contributed by atoms with Crippen molar-refractivity contribution in [3.63, 3.8) is 0 Å². The maximum Gasteiger partial charge on any atom is 0.490 e. The van der Waals surface area contributed by atoms with Crippen LogP contribution in [0.25, 0.3) is 0 Å². The number of carbonyl (C=O) groups is 2. The Morgan fingerprint density at radius 2 is 1.92 bits per heavy atom. The number of aromatic nitrogens is 1. The van der Waals surface area contributed by atoms with Crippen LogP contribution in [-0.4, -0.2) is 41.2 Å². The van der Waals surface area contributed by atoms with Gasteiger partial charge in [-0.05, 0) is 59.9 Å². The van der Waals surface area contributed by atoms with Crippen molar-refractivity contribution in [1.82, 2.24) is 10.3 Å². The summed E-state index contributed by atoms with van der Waals surface area (Å²) in [5.41, 5.74) is 0.918. The van der Waals surface area contributed by atoms with Crippen molar-refractivity contribution in [3.05, 3.63) is 22.3 Å². The number of anilines is 1. The molecule has 10 heteroatoms. The molecule has 0 bridgehead atoms. The average Bonchev–Trinajstić information content (AvgIpc) is 2.49. The summed E-state index contributed by atoms with van der Waals surface area (Å²) in [6.07, 6.45) is -0.739. The molecule has 0 saturated carbocycles. The maximum absolute atomic E-state index is 12.2. The van der Waals surface area contributed by atoms with Crippen molar-refractivity contribution < 1.29 is 27.9 Å². The van der Waals surface area contributed by atoms with E-state index >= 15 is 0 Å². The number of halogens is 4. The van der Waals surface area contributed by atoms with Gasteiger partial charge in [-0.1, -0.05) is 0 Å². The number of carboxylic acid groups (broad SMARTS) is 1. The van der Waals surface area contributed by atoms with Gasteiger partial charge >= 0.3 is 12.1 Å². The summed E-state index contributed by atoms with van der Waals surface area (Å²) >= 11 is 3.43. The first-order valence-corrected chi connectivity index (χ1v) is 7.90. The van der Waals surface area contributed by atoms with Crippen molar-refractivity contribution in [2.24, 2.45) is 5.41 Å². The molecule has 6 nitrogen and oxygen atoms in total. The highest BCUT2D eigenvalue weighted by molar-refractivity contribution is 9.10. The molecule has 2 aliphatic heterocycles. The Morgan fingerprint density at radius 1 is 1.33 bits per heavy atom. The lowest BCUT2D eigenvalue weighted by molar-refractivity contribution is -0.192. The van der Waals surface area contributed by atoms with Gasteiger partial charge in [0.05, 0.1) is 5.41 Å². The minimum absolute atomic E-state index is 0.140. The third-order valence-corrected chi connectivity index (χ3v) is 4.41. The first-order chi connectivity index (χ1) is 11.1. The third-order valence-electron chi connectivity index (χ3n) is 3.98. The Balaban J connectivity index is 0.000000256. The van der Waals surface area contributed by atoms with Crippen molar-refractivity contribution in [3.8, 4) is 0 Å². The van der Waals surface area contributed by atoms with Gasteiger partial charge in [-0.2, -0.15) is 13.2 Å². The van der Waals surface area contributed by atoms with Crippen LogP contribution in [0.2, 0.25) is 0 Å². The van der Waals surface area contributed by atoms with Crippen LogP contribution in [0.1, 0.15) is 18.4 Å². The maximum atomic E-state index is 12.2. The smallest absolute Gasteiger partial charge is 0.475 e. The zero-order chi connectivity index (χ0) is 18.0. The molecule has 1 spiro atoms. The van der Waals surface area contributed by atoms with E-state index < -0.39 is 12.1 Å². The predicted molar refractivity (Wildman–Crippen MR) is 82.5 cm³/mol. The largest absolute Gasteiger partial charge is 0.490 e. The molecule has 1 saturated heterocycles. The van der Waals surface area contributed by atoms with Gasteiger partial charge in [0.15, 0.2) is 0 Å². The lowest BCUT2D eigenvalue weighted by Crippen LogP contribution is -2.48. The molecule has 24 heavy (non-hydrogen) atoms. The first-order valence-electron chi connectivity index (χ1n) is 7.11. The Morgan fingerprint density at radius 3 is 2.46 bits per heavy atom. The average molecular weight is 410 g/mol. The van der Waals surface area contributed by atoms with E-state index in [1.807, 2.05) is 0 Å². The molecular formula is C14H15BrF3N3O3. The molecule has 0 aromatic carbocycles. The fraction of sp³-hybridized carbons (Fsp3) is 0.500. The number of rotatable bonds is 0. The van der Waals surface area contributed by atoms with Gasteiger partial charge < -0.3 is 15.7 Å². The molecule has 2 aliphatic rings. The lowest BCUT2D eigenvalue weighted by Gasteiger charge is -2.39. The number of hydrogen-bond donors (Lipinski definition) is 3. The Hall–Kier alpha value is -1.68. The zero-order valence-electron chi connectivity index (χ0n) is 12.4. The van der Waals surface area contributed by atoms with Crippen molar-refractivity contribution >= 4 is 33.6 Å². The summed E-state index contributed by atoms with van der Waals surface area (Å²) in [4.78, 5) is 25.4. The zero-order valence-corrected chi connectivity index (χ0v) is 14.0. The van der Waals surface area contributed by atoms with E-state index in [-0.39, 0.29) is 11.3 Å². The number of carboxylic acids is 1. The monoisotopic (exact) mass is 409 g/mol. The van der Waals surface area contributed by atoms with Gasteiger partial charge in [0.1, 0.15) is 5.82 Å². The SMILES string of the molecule is O=C(O)C(F)(F)F.O=C1Nc2ncc(Br)cc2CC12CCNCC2. The summed E-state index contributed by atoms with van der Waals surface area (Å²) < 4.78 is 32.7. The molecule has 0 unspecified atom stereocenters. The highest BCUT2D eigenvalue weighted by atomic mass is 79.9. The second-order valence-electron chi connectivity index (χ2n) is 5.63. The van der Waals surface area contributed by atoms with Crippen molar-refractivity contribution in [1.29, 1.82) is 0 Å². The van der Waals surface area contributed by atoms with Crippen molar-refractivity contribution in [2.75, 3.05) is 18.4 Å². The Kier molecular flexibility index (Phi) is 5.49. The Bertz CT molecular complexity index is 646. The van der Waals surface area contributed by atoms with Crippen LogP contribution >= 0.6 is 15.9 Å². The summed E-state index contributed by atoms with van der Waals surface area (Å²) in [5.74, 6) is -1.89. The molecule has 3 N–H and O–H groups in total. The quantitative estimate of drug-likeness (QED) is 0.611. The van der Waals surface area contributed by atoms with Gasteiger partial charge in [0.2, 0.25) is 5.91 Å². The van der Waals surface area contributed by atoms with Crippen LogP contribution in [0.5, 0.6) is 0 Å². The summed E-state index contributed by atoms with van der Waals surface area (Å²) in [6.45, 7) is 1.84. The summed E-state index contributed by atoms with van der Waals surface area (Å²) in [6, 6.07) is 2.06. The van der Waals surface area contributed by atoms with E-state index in [1.165, 1.54) is 0 Å². The van der Waals surface area contributed by atoms with E-state index in [2.05, 4.69) is 37.6 Å². The van der Waals surface area contributed by atoms with Gasteiger partial charge in [0, 0.05) is 10.7 Å². The lowest BCUT2D eigenvalue weighted by atomic mass is 9.72. The summed E-state index contributed by atoms with van der Waals surface area (Å²) in [7, 11) is 0. The normalized spacial score (nSPS) is 18.9. The number of piperidine rings is 1. The molecule has 0 atom stereocenters. The van der Waals surface area contributed by atoms with Gasteiger partial charge in [-0.3, -0.25) is 4.79 Å². The molecule has 3 heterocycles.